The molecule has 0 bridgehead atoms. The van der Waals surface area contributed by atoms with Gasteiger partial charge in [-0.15, -0.1) is 0 Å². The van der Waals surface area contributed by atoms with E-state index in [4.69, 9.17) is 14.9 Å². The standard InChI is InChI=1S/C11H19NO9.H3N/c1-4(14)12-7-5(15)2-11(20,10(18)19)21-9(7)8(17)6(16)3-13;/h5-9,13,15-17,20H,2-3H2,1H3,(H,12,14)(H,18,19);1H3/t5-,6?,7+,8?,9+,11?;/m0./s1. The summed E-state index contributed by atoms with van der Waals surface area (Å²) in [5, 5.41) is 59.0. The summed E-state index contributed by atoms with van der Waals surface area (Å²) in [6, 6.07) is -1.27. The third kappa shape index (κ3) is 4.33. The van der Waals surface area contributed by atoms with Crippen molar-refractivity contribution < 1.29 is 45.0 Å². The van der Waals surface area contributed by atoms with E-state index < -0.39 is 61.1 Å². The molecule has 0 saturated carbocycles. The van der Waals surface area contributed by atoms with E-state index in [2.05, 4.69) is 5.32 Å². The molecule has 1 amide bonds. The van der Waals surface area contributed by atoms with E-state index in [-0.39, 0.29) is 6.15 Å². The highest BCUT2D eigenvalue weighted by Crippen LogP contribution is 2.30. The van der Waals surface area contributed by atoms with Crippen LogP contribution in [0.3, 0.4) is 0 Å². The first-order valence-electron chi connectivity index (χ1n) is 6.18. The number of ether oxygens (including phenoxy) is 1. The summed E-state index contributed by atoms with van der Waals surface area (Å²) in [4.78, 5) is 22.1. The Morgan fingerprint density at radius 2 is 1.95 bits per heavy atom. The molecule has 130 valence electrons. The average Bonchev–Trinajstić information content (AvgIpc) is 2.39. The molecular weight excluding hydrogens is 304 g/mol. The number of carbonyl (C=O) groups excluding carboxylic acids is 1. The van der Waals surface area contributed by atoms with Gasteiger partial charge in [0.15, 0.2) is 0 Å². The largest absolute Gasteiger partial charge is 0.477 e. The molecule has 3 unspecified atom stereocenters. The van der Waals surface area contributed by atoms with Gasteiger partial charge in [-0.25, -0.2) is 4.79 Å². The smallest absolute Gasteiger partial charge is 0.364 e. The zero-order valence-corrected chi connectivity index (χ0v) is 11.9. The van der Waals surface area contributed by atoms with E-state index >= 15 is 0 Å². The lowest BCUT2D eigenvalue weighted by molar-refractivity contribution is -0.295. The minimum Gasteiger partial charge on any atom is -0.477 e. The van der Waals surface area contributed by atoms with E-state index in [1.165, 1.54) is 0 Å². The van der Waals surface area contributed by atoms with Crippen LogP contribution in [-0.2, 0) is 14.3 Å². The molecule has 22 heavy (non-hydrogen) atoms. The molecule has 0 aliphatic carbocycles. The minimum absolute atomic E-state index is 0. The summed E-state index contributed by atoms with van der Waals surface area (Å²) in [5.74, 6) is -5.17. The van der Waals surface area contributed by atoms with E-state index in [1.807, 2.05) is 0 Å². The summed E-state index contributed by atoms with van der Waals surface area (Å²) in [6.07, 6.45) is -7.48. The Labute approximate surface area is 125 Å². The van der Waals surface area contributed by atoms with Crippen molar-refractivity contribution in [1.29, 1.82) is 0 Å². The predicted molar refractivity (Wildman–Crippen MR) is 69.8 cm³/mol. The number of carboxylic acid groups (broad SMARTS) is 1. The lowest BCUT2D eigenvalue weighted by atomic mass is 9.88. The normalized spacial score (nSPS) is 34.2. The maximum absolute atomic E-state index is 11.1. The van der Waals surface area contributed by atoms with Crippen molar-refractivity contribution in [1.82, 2.24) is 11.5 Å². The maximum Gasteiger partial charge on any atom is 0.364 e. The van der Waals surface area contributed by atoms with Crippen LogP contribution in [0.25, 0.3) is 0 Å². The van der Waals surface area contributed by atoms with Gasteiger partial charge < -0.3 is 46.8 Å². The van der Waals surface area contributed by atoms with Gasteiger partial charge in [-0.3, -0.25) is 4.79 Å². The fraction of sp³-hybridized carbons (Fsp3) is 0.818. The van der Waals surface area contributed by atoms with E-state index in [9.17, 15) is 30.0 Å². The second-order valence-corrected chi connectivity index (χ2v) is 4.91. The number of nitrogens with one attached hydrogen (secondary N) is 1. The number of hydrogen-bond acceptors (Lipinski definition) is 9. The number of aliphatic carboxylic acids is 1. The maximum atomic E-state index is 11.1. The van der Waals surface area contributed by atoms with E-state index in [1.54, 1.807) is 0 Å². The van der Waals surface area contributed by atoms with Crippen molar-refractivity contribution in [3.05, 3.63) is 0 Å². The van der Waals surface area contributed by atoms with Gasteiger partial charge in [0.1, 0.15) is 18.3 Å². The average molecular weight is 326 g/mol. The van der Waals surface area contributed by atoms with Crippen LogP contribution in [0.1, 0.15) is 13.3 Å². The van der Waals surface area contributed by atoms with Crippen LogP contribution in [0.5, 0.6) is 0 Å². The van der Waals surface area contributed by atoms with Gasteiger partial charge in [0.2, 0.25) is 5.91 Å². The number of rotatable bonds is 5. The van der Waals surface area contributed by atoms with Crippen LogP contribution >= 0.6 is 0 Å². The van der Waals surface area contributed by atoms with Gasteiger partial charge >= 0.3 is 5.97 Å². The Morgan fingerprint density at radius 1 is 1.41 bits per heavy atom. The lowest BCUT2D eigenvalue weighted by Gasteiger charge is -2.44. The summed E-state index contributed by atoms with van der Waals surface area (Å²) >= 11 is 0. The number of carbonyl (C=O) groups is 2. The number of carboxylic acids is 1. The van der Waals surface area contributed by atoms with Crippen LogP contribution in [0.2, 0.25) is 0 Å². The van der Waals surface area contributed by atoms with Gasteiger partial charge in [0, 0.05) is 13.3 Å². The molecule has 1 fully saturated rings. The zero-order valence-electron chi connectivity index (χ0n) is 11.9. The fourth-order valence-electron chi connectivity index (χ4n) is 2.14. The topological polar surface area (TPSA) is 212 Å². The van der Waals surface area contributed by atoms with Crippen LogP contribution in [-0.4, -0.2) is 85.4 Å². The molecule has 11 heteroatoms. The first-order valence-corrected chi connectivity index (χ1v) is 6.18. The minimum atomic E-state index is -2.78. The molecule has 1 heterocycles. The molecule has 10 N–H and O–H groups in total. The van der Waals surface area contributed by atoms with Crippen LogP contribution in [0, 0.1) is 0 Å². The molecule has 6 atom stereocenters. The molecule has 11 nitrogen and oxygen atoms in total. The van der Waals surface area contributed by atoms with Crippen molar-refractivity contribution in [2.75, 3.05) is 6.61 Å². The van der Waals surface area contributed by atoms with Crippen LogP contribution in [0.4, 0.5) is 0 Å². The molecule has 1 saturated heterocycles. The molecule has 0 radical (unpaired) electrons. The van der Waals surface area contributed by atoms with Crippen molar-refractivity contribution in [3.63, 3.8) is 0 Å². The molecule has 0 aromatic heterocycles. The number of amides is 1. The first-order chi connectivity index (χ1) is 9.62. The van der Waals surface area contributed by atoms with Crippen molar-refractivity contribution in [2.45, 2.75) is 49.6 Å². The second-order valence-electron chi connectivity index (χ2n) is 4.91. The number of aliphatic hydroxyl groups is 5. The molecule has 0 aromatic rings. The summed E-state index contributed by atoms with van der Waals surface area (Å²) in [6.45, 7) is 0.256. The van der Waals surface area contributed by atoms with Crippen LogP contribution < -0.4 is 11.5 Å². The van der Waals surface area contributed by atoms with Gasteiger partial charge in [-0.2, -0.15) is 0 Å². The molecule has 0 aromatic carbocycles. The Morgan fingerprint density at radius 3 is 2.36 bits per heavy atom. The van der Waals surface area contributed by atoms with Crippen molar-refractivity contribution in [3.8, 4) is 0 Å². The van der Waals surface area contributed by atoms with Crippen LogP contribution in [0.15, 0.2) is 0 Å². The first kappa shape index (κ1) is 20.7. The summed E-state index contributed by atoms with van der Waals surface area (Å²) < 4.78 is 4.86. The van der Waals surface area contributed by atoms with Gasteiger partial charge in [0.05, 0.1) is 18.8 Å². The highest BCUT2D eigenvalue weighted by molar-refractivity contribution is 5.76. The molecular formula is C11H22N2O9. The third-order valence-electron chi connectivity index (χ3n) is 3.21. The quantitative estimate of drug-likeness (QED) is 0.247. The van der Waals surface area contributed by atoms with E-state index in [0.717, 1.165) is 6.92 Å². The second kappa shape index (κ2) is 7.78. The van der Waals surface area contributed by atoms with Gasteiger partial charge in [-0.05, 0) is 0 Å². The summed E-state index contributed by atoms with van der Waals surface area (Å²) in [5.41, 5.74) is 0. The zero-order chi connectivity index (χ0) is 16.4. The van der Waals surface area contributed by atoms with E-state index in [0.29, 0.717) is 0 Å². The molecule has 1 aliphatic heterocycles. The molecule has 1 rings (SSSR count). The Hall–Kier alpha value is -1.34. The highest BCUT2D eigenvalue weighted by Gasteiger charge is 2.53. The highest BCUT2D eigenvalue weighted by atomic mass is 16.7. The third-order valence-corrected chi connectivity index (χ3v) is 3.21. The predicted octanol–water partition coefficient (Wildman–Crippen LogP) is -3.71. The molecule has 1 aliphatic rings. The SMILES string of the molecule is CC(=O)N[C@@H]1[C@@H](O)CC(O)(C(=O)O)O[C@H]1C(O)C(O)CO.N. The Balaban J connectivity index is 0.00000441. The van der Waals surface area contributed by atoms with Gasteiger partial charge in [0.25, 0.3) is 5.79 Å². The summed E-state index contributed by atoms with van der Waals surface area (Å²) in [7, 11) is 0. The Bertz CT molecular complexity index is 407. The number of aliphatic hydroxyl groups excluding tert-OH is 4. The fourth-order valence-corrected chi connectivity index (χ4v) is 2.14. The Kier molecular flexibility index (Phi) is 7.31. The van der Waals surface area contributed by atoms with Crippen molar-refractivity contribution in [2.24, 2.45) is 0 Å². The monoisotopic (exact) mass is 326 g/mol. The molecule has 0 spiro atoms. The lowest BCUT2D eigenvalue weighted by Crippen LogP contribution is -2.67. The number of hydrogen-bond donors (Lipinski definition) is 8. The van der Waals surface area contributed by atoms with Crippen molar-refractivity contribution >= 4 is 11.9 Å². The van der Waals surface area contributed by atoms with Gasteiger partial charge in [-0.1, -0.05) is 0 Å².